The third kappa shape index (κ3) is 4.70. The van der Waals surface area contributed by atoms with Crippen LogP contribution in [0, 0.1) is 20.8 Å². The average molecular weight is 313 g/mol. The van der Waals surface area contributed by atoms with Gasteiger partial charge < -0.3 is 4.74 Å². The molecule has 4 nitrogen and oxygen atoms in total. The minimum Gasteiger partial charge on any atom is -0.492 e. The van der Waals surface area contributed by atoms with Crippen LogP contribution in [0.15, 0.2) is 37.1 Å². The number of ether oxygens (including phenoxy) is 1. The van der Waals surface area contributed by atoms with E-state index in [0.29, 0.717) is 6.61 Å². The summed E-state index contributed by atoms with van der Waals surface area (Å²) >= 11 is 0. The first-order valence-corrected chi connectivity index (χ1v) is 8.02. The zero-order valence-electron chi connectivity index (χ0n) is 14.7. The molecule has 0 N–H and O–H groups in total. The smallest absolute Gasteiger partial charge is 0.122 e. The second kappa shape index (κ2) is 7.97. The maximum Gasteiger partial charge on any atom is 0.122 e. The molecule has 124 valence electrons. The predicted molar refractivity (Wildman–Crippen MR) is 94.9 cm³/mol. The maximum atomic E-state index is 5.90. The monoisotopic (exact) mass is 313 g/mol. The number of rotatable bonds is 8. The molecule has 1 aromatic carbocycles. The molecule has 0 saturated carbocycles. The Labute approximate surface area is 139 Å². The van der Waals surface area contributed by atoms with E-state index in [9.17, 15) is 0 Å². The molecular formula is C19H27N3O. The van der Waals surface area contributed by atoms with Gasteiger partial charge in [-0.2, -0.15) is 5.10 Å². The molecule has 23 heavy (non-hydrogen) atoms. The van der Waals surface area contributed by atoms with Crippen LogP contribution < -0.4 is 4.74 Å². The number of aromatic nitrogens is 2. The van der Waals surface area contributed by atoms with Crippen molar-refractivity contribution >= 4 is 0 Å². The predicted octanol–water partition coefficient (Wildman–Crippen LogP) is 3.51. The number of aryl methyl sites for hydroxylation is 2. The Kier molecular flexibility index (Phi) is 5.99. The van der Waals surface area contributed by atoms with Gasteiger partial charge in [-0.05, 0) is 39.4 Å². The minimum atomic E-state index is 0.681. The summed E-state index contributed by atoms with van der Waals surface area (Å²) < 4.78 is 7.87. The molecule has 0 saturated heterocycles. The topological polar surface area (TPSA) is 30.3 Å². The fourth-order valence-corrected chi connectivity index (χ4v) is 2.59. The highest BCUT2D eigenvalue weighted by Crippen LogP contribution is 2.18. The van der Waals surface area contributed by atoms with Gasteiger partial charge in [-0.1, -0.05) is 23.8 Å². The molecule has 0 aliphatic rings. The van der Waals surface area contributed by atoms with Gasteiger partial charge in [0.15, 0.2) is 0 Å². The third-order valence-electron chi connectivity index (χ3n) is 4.01. The lowest BCUT2D eigenvalue weighted by Gasteiger charge is -2.17. The Hall–Kier alpha value is -2.07. The fourth-order valence-electron chi connectivity index (χ4n) is 2.59. The van der Waals surface area contributed by atoms with E-state index >= 15 is 0 Å². The van der Waals surface area contributed by atoms with Gasteiger partial charge in [-0.15, -0.1) is 6.58 Å². The molecule has 1 heterocycles. The van der Waals surface area contributed by atoms with Crippen LogP contribution in [0.1, 0.15) is 22.4 Å². The summed E-state index contributed by atoms with van der Waals surface area (Å²) in [5.74, 6) is 0.971. The Balaban J connectivity index is 1.83. The van der Waals surface area contributed by atoms with E-state index < -0.39 is 0 Å². The highest BCUT2D eigenvalue weighted by molar-refractivity contribution is 5.35. The first-order chi connectivity index (χ1) is 11.0. The number of benzene rings is 1. The number of likely N-dealkylation sites (N-methyl/N-ethyl adjacent to an activating group) is 1. The van der Waals surface area contributed by atoms with Crippen LogP contribution >= 0.6 is 0 Å². The van der Waals surface area contributed by atoms with Crippen molar-refractivity contribution < 1.29 is 4.74 Å². The molecule has 0 aliphatic heterocycles. The quantitative estimate of drug-likeness (QED) is 0.699. The van der Waals surface area contributed by atoms with Crippen molar-refractivity contribution in [1.29, 1.82) is 0 Å². The summed E-state index contributed by atoms with van der Waals surface area (Å²) in [6.07, 6.45) is 3.81. The molecule has 4 heteroatoms. The molecule has 0 amide bonds. The molecule has 1 aromatic heterocycles. The van der Waals surface area contributed by atoms with Crippen LogP contribution in [0.2, 0.25) is 0 Å². The van der Waals surface area contributed by atoms with Crippen LogP contribution in [-0.2, 0) is 13.1 Å². The van der Waals surface area contributed by atoms with Crippen LogP contribution in [0.3, 0.4) is 0 Å². The van der Waals surface area contributed by atoms with E-state index in [1.54, 1.807) is 0 Å². The van der Waals surface area contributed by atoms with Crippen molar-refractivity contribution in [1.82, 2.24) is 14.7 Å². The molecule has 0 fully saturated rings. The summed E-state index contributed by atoms with van der Waals surface area (Å²) in [4.78, 5) is 2.26. The highest BCUT2D eigenvalue weighted by Gasteiger charge is 2.08. The Morgan fingerprint density at radius 3 is 2.78 bits per heavy atom. The second-order valence-corrected chi connectivity index (χ2v) is 6.08. The van der Waals surface area contributed by atoms with Crippen molar-refractivity contribution in [3.8, 4) is 5.75 Å². The van der Waals surface area contributed by atoms with E-state index in [4.69, 9.17) is 4.74 Å². The Bertz CT molecular complexity index is 661. The van der Waals surface area contributed by atoms with Crippen LogP contribution in [0.4, 0.5) is 0 Å². The lowest BCUT2D eigenvalue weighted by molar-refractivity contribution is 0.231. The van der Waals surface area contributed by atoms with Crippen molar-refractivity contribution in [3.05, 3.63) is 59.4 Å². The van der Waals surface area contributed by atoms with Gasteiger partial charge in [0.05, 0.1) is 12.7 Å². The minimum absolute atomic E-state index is 0.681. The van der Waals surface area contributed by atoms with Gasteiger partial charge in [0.1, 0.15) is 12.4 Å². The van der Waals surface area contributed by atoms with E-state index in [-0.39, 0.29) is 0 Å². The molecule has 0 radical (unpaired) electrons. The van der Waals surface area contributed by atoms with Crippen molar-refractivity contribution in [3.63, 3.8) is 0 Å². The van der Waals surface area contributed by atoms with Gasteiger partial charge in [0.25, 0.3) is 0 Å². The lowest BCUT2D eigenvalue weighted by atomic mass is 10.1. The van der Waals surface area contributed by atoms with Crippen LogP contribution in [0.25, 0.3) is 0 Å². The number of hydrogen-bond acceptors (Lipinski definition) is 3. The Morgan fingerprint density at radius 1 is 1.30 bits per heavy atom. The molecule has 0 aliphatic carbocycles. The van der Waals surface area contributed by atoms with Crippen molar-refractivity contribution in [2.45, 2.75) is 33.9 Å². The largest absolute Gasteiger partial charge is 0.492 e. The molecule has 0 atom stereocenters. The van der Waals surface area contributed by atoms with Gasteiger partial charge in [0.2, 0.25) is 0 Å². The summed E-state index contributed by atoms with van der Waals surface area (Å²) in [5.41, 5.74) is 4.90. The molecule has 2 aromatic rings. The summed E-state index contributed by atoms with van der Waals surface area (Å²) in [5, 5.41) is 4.39. The average Bonchev–Trinajstić information content (AvgIpc) is 2.83. The fraction of sp³-hybridized carbons (Fsp3) is 0.421. The molecule has 0 bridgehead atoms. The van der Waals surface area contributed by atoms with E-state index in [1.807, 2.05) is 23.0 Å². The zero-order valence-corrected chi connectivity index (χ0v) is 14.7. The standard InChI is InChI=1S/C19H27N3O/c1-6-9-22-17(4)18(13-20-22)14-21(5)10-11-23-19-8-7-15(2)12-16(19)3/h6-8,12-13H,1,9-11,14H2,2-5H3. The van der Waals surface area contributed by atoms with Gasteiger partial charge >= 0.3 is 0 Å². The van der Waals surface area contributed by atoms with E-state index in [2.05, 4.69) is 56.5 Å². The summed E-state index contributed by atoms with van der Waals surface area (Å²) in [7, 11) is 2.11. The number of nitrogens with zero attached hydrogens (tertiary/aromatic N) is 3. The van der Waals surface area contributed by atoms with E-state index in [1.165, 1.54) is 22.4 Å². The first kappa shape index (κ1) is 17.3. The summed E-state index contributed by atoms with van der Waals surface area (Å²) in [6, 6.07) is 6.29. The number of allylic oxidation sites excluding steroid dienone is 1. The van der Waals surface area contributed by atoms with Gasteiger partial charge in [-0.3, -0.25) is 9.58 Å². The van der Waals surface area contributed by atoms with E-state index in [0.717, 1.165) is 25.4 Å². The van der Waals surface area contributed by atoms with Crippen LogP contribution in [0.5, 0.6) is 5.75 Å². The molecule has 0 spiro atoms. The second-order valence-electron chi connectivity index (χ2n) is 6.08. The maximum absolute atomic E-state index is 5.90. The zero-order chi connectivity index (χ0) is 16.8. The normalized spacial score (nSPS) is 11.0. The molecular weight excluding hydrogens is 286 g/mol. The molecule has 0 unspecified atom stereocenters. The van der Waals surface area contributed by atoms with Crippen LogP contribution in [-0.4, -0.2) is 34.9 Å². The third-order valence-corrected chi connectivity index (χ3v) is 4.01. The van der Waals surface area contributed by atoms with Gasteiger partial charge in [-0.25, -0.2) is 0 Å². The molecule has 2 rings (SSSR count). The Morgan fingerprint density at radius 2 is 2.09 bits per heavy atom. The van der Waals surface area contributed by atoms with Gasteiger partial charge in [0, 0.05) is 24.3 Å². The lowest BCUT2D eigenvalue weighted by Crippen LogP contribution is -2.24. The SMILES string of the molecule is C=CCn1ncc(CN(C)CCOc2ccc(C)cc2C)c1C. The number of hydrogen-bond donors (Lipinski definition) is 0. The van der Waals surface area contributed by atoms with Crippen molar-refractivity contribution in [2.24, 2.45) is 0 Å². The highest BCUT2D eigenvalue weighted by atomic mass is 16.5. The van der Waals surface area contributed by atoms with Crippen molar-refractivity contribution in [2.75, 3.05) is 20.2 Å². The first-order valence-electron chi connectivity index (χ1n) is 8.02. The summed E-state index contributed by atoms with van der Waals surface area (Å²) in [6.45, 7) is 13.2.